The topological polar surface area (TPSA) is 27.1 Å². The zero-order valence-electron chi connectivity index (χ0n) is 9.98. The average molecular weight is 295 g/mol. The van der Waals surface area contributed by atoms with Crippen molar-refractivity contribution in [2.75, 3.05) is 7.11 Å². The molecule has 0 spiro atoms. The number of halogens is 1. The molecule has 90 valence electrons. The SMILES string of the molecule is CCc1nc(Br)cn1Cc1ccc(OC)cc1. The molecule has 0 fully saturated rings. The van der Waals surface area contributed by atoms with Crippen molar-refractivity contribution >= 4 is 15.9 Å². The van der Waals surface area contributed by atoms with E-state index in [4.69, 9.17) is 4.74 Å². The molecule has 2 rings (SSSR count). The number of methoxy groups -OCH3 is 1. The summed E-state index contributed by atoms with van der Waals surface area (Å²) >= 11 is 3.41. The van der Waals surface area contributed by atoms with Crippen LogP contribution in [0.3, 0.4) is 0 Å². The third kappa shape index (κ3) is 2.88. The lowest BCUT2D eigenvalue weighted by Crippen LogP contribution is -2.03. The first-order valence-electron chi connectivity index (χ1n) is 5.57. The van der Waals surface area contributed by atoms with Gasteiger partial charge in [0.25, 0.3) is 0 Å². The van der Waals surface area contributed by atoms with Crippen molar-refractivity contribution in [3.63, 3.8) is 0 Å². The summed E-state index contributed by atoms with van der Waals surface area (Å²) in [4.78, 5) is 4.41. The molecule has 0 N–H and O–H groups in total. The Kier molecular flexibility index (Phi) is 3.84. The van der Waals surface area contributed by atoms with Crippen LogP contribution in [0.4, 0.5) is 0 Å². The van der Waals surface area contributed by atoms with Gasteiger partial charge in [-0.2, -0.15) is 0 Å². The van der Waals surface area contributed by atoms with E-state index in [-0.39, 0.29) is 0 Å². The lowest BCUT2D eigenvalue weighted by atomic mass is 10.2. The Morgan fingerprint density at radius 2 is 2.00 bits per heavy atom. The second kappa shape index (κ2) is 5.36. The van der Waals surface area contributed by atoms with Crippen LogP contribution in [-0.4, -0.2) is 16.7 Å². The monoisotopic (exact) mass is 294 g/mol. The molecular weight excluding hydrogens is 280 g/mol. The number of aryl methyl sites for hydroxylation is 1. The summed E-state index contributed by atoms with van der Waals surface area (Å²) < 4.78 is 8.19. The summed E-state index contributed by atoms with van der Waals surface area (Å²) in [5, 5.41) is 0. The summed E-state index contributed by atoms with van der Waals surface area (Å²) in [6.07, 6.45) is 2.95. The number of benzene rings is 1. The van der Waals surface area contributed by atoms with E-state index in [1.807, 2.05) is 18.3 Å². The van der Waals surface area contributed by atoms with Crippen molar-refractivity contribution in [2.24, 2.45) is 0 Å². The maximum atomic E-state index is 5.14. The Morgan fingerprint density at radius 3 is 2.59 bits per heavy atom. The molecule has 1 aromatic carbocycles. The molecule has 3 nitrogen and oxygen atoms in total. The van der Waals surface area contributed by atoms with Crippen molar-refractivity contribution < 1.29 is 4.74 Å². The third-order valence-electron chi connectivity index (χ3n) is 2.66. The fourth-order valence-corrected chi connectivity index (χ4v) is 2.22. The summed E-state index contributed by atoms with van der Waals surface area (Å²) in [7, 11) is 1.68. The molecule has 0 aliphatic heterocycles. The van der Waals surface area contributed by atoms with Gasteiger partial charge >= 0.3 is 0 Å². The normalized spacial score (nSPS) is 10.5. The van der Waals surface area contributed by atoms with E-state index >= 15 is 0 Å². The van der Waals surface area contributed by atoms with Crippen LogP contribution < -0.4 is 4.74 Å². The molecule has 0 bridgehead atoms. The molecule has 0 unspecified atom stereocenters. The van der Waals surface area contributed by atoms with Crippen LogP contribution in [0.2, 0.25) is 0 Å². The van der Waals surface area contributed by atoms with Gasteiger partial charge in [-0.1, -0.05) is 19.1 Å². The Hall–Kier alpha value is -1.29. The van der Waals surface area contributed by atoms with Crippen molar-refractivity contribution in [3.8, 4) is 5.75 Å². The largest absolute Gasteiger partial charge is 0.497 e. The van der Waals surface area contributed by atoms with Crippen molar-refractivity contribution in [3.05, 3.63) is 46.5 Å². The Morgan fingerprint density at radius 1 is 1.29 bits per heavy atom. The quantitative estimate of drug-likeness (QED) is 0.865. The van der Waals surface area contributed by atoms with E-state index in [0.29, 0.717) is 0 Å². The first kappa shape index (κ1) is 12.2. The molecule has 0 radical (unpaired) electrons. The van der Waals surface area contributed by atoms with Crippen molar-refractivity contribution in [1.82, 2.24) is 9.55 Å². The van der Waals surface area contributed by atoms with Gasteiger partial charge in [0.15, 0.2) is 0 Å². The van der Waals surface area contributed by atoms with Crippen LogP contribution in [-0.2, 0) is 13.0 Å². The van der Waals surface area contributed by atoms with E-state index in [9.17, 15) is 0 Å². The summed E-state index contributed by atoms with van der Waals surface area (Å²) in [5.41, 5.74) is 1.24. The molecule has 0 aliphatic carbocycles. The van der Waals surface area contributed by atoms with Crippen LogP contribution >= 0.6 is 15.9 Å². The Labute approximate surface area is 110 Å². The third-order valence-corrected chi connectivity index (χ3v) is 3.04. The molecule has 2 aromatic rings. The first-order valence-corrected chi connectivity index (χ1v) is 6.36. The maximum absolute atomic E-state index is 5.14. The maximum Gasteiger partial charge on any atom is 0.124 e. The van der Waals surface area contributed by atoms with Crippen LogP contribution in [0, 0.1) is 0 Å². The summed E-state index contributed by atoms with van der Waals surface area (Å²) in [6, 6.07) is 8.11. The molecule has 0 aliphatic rings. The van der Waals surface area contributed by atoms with Gasteiger partial charge in [0.05, 0.1) is 7.11 Å². The first-order chi connectivity index (χ1) is 8.22. The minimum absolute atomic E-state index is 0.839. The number of hydrogen-bond acceptors (Lipinski definition) is 2. The van der Waals surface area contributed by atoms with Crippen molar-refractivity contribution in [1.29, 1.82) is 0 Å². The number of rotatable bonds is 4. The van der Waals surface area contributed by atoms with E-state index in [1.165, 1.54) is 5.56 Å². The van der Waals surface area contributed by atoms with Gasteiger partial charge in [0.2, 0.25) is 0 Å². The molecule has 0 saturated carbocycles. The number of nitrogens with zero attached hydrogens (tertiary/aromatic N) is 2. The minimum atomic E-state index is 0.839. The van der Waals surface area contributed by atoms with Crippen LogP contribution in [0.5, 0.6) is 5.75 Å². The van der Waals surface area contributed by atoms with Gasteiger partial charge in [0.1, 0.15) is 16.2 Å². The van der Waals surface area contributed by atoms with E-state index in [1.54, 1.807) is 7.11 Å². The second-order valence-corrected chi connectivity index (χ2v) is 4.62. The molecule has 4 heteroatoms. The predicted molar refractivity (Wildman–Crippen MR) is 71.4 cm³/mol. The fourth-order valence-electron chi connectivity index (χ4n) is 1.77. The predicted octanol–water partition coefficient (Wildman–Crippen LogP) is 3.26. The zero-order valence-corrected chi connectivity index (χ0v) is 11.6. The van der Waals surface area contributed by atoms with Gasteiger partial charge in [-0.05, 0) is 33.6 Å². The smallest absolute Gasteiger partial charge is 0.124 e. The van der Waals surface area contributed by atoms with E-state index in [2.05, 4.69) is 44.5 Å². The molecule has 0 saturated heterocycles. The highest BCUT2D eigenvalue weighted by Crippen LogP contribution is 2.15. The number of ether oxygens (including phenoxy) is 1. The number of imidazole rings is 1. The average Bonchev–Trinajstić information content (AvgIpc) is 2.70. The lowest BCUT2D eigenvalue weighted by molar-refractivity contribution is 0.414. The van der Waals surface area contributed by atoms with Gasteiger partial charge < -0.3 is 9.30 Å². The standard InChI is InChI=1S/C13H15BrN2O/c1-3-13-15-12(14)9-16(13)8-10-4-6-11(17-2)7-5-10/h4-7,9H,3,8H2,1-2H3. The fraction of sp³-hybridized carbons (Fsp3) is 0.308. The van der Waals surface area contributed by atoms with Crippen LogP contribution in [0.25, 0.3) is 0 Å². The number of hydrogen-bond donors (Lipinski definition) is 0. The molecule has 17 heavy (non-hydrogen) atoms. The highest BCUT2D eigenvalue weighted by atomic mass is 79.9. The lowest BCUT2D eigenvalue weighted by Gasteiger charge is -2.07. The molecule has 0 amide bonds. The molecule has 1 heterocycles. The van der Waals surface area contributed by atoms with Gasteiger partial charge in [-0.15, -0.1) is 0 Å². The summed E-state index contributed by atoms with van der Waals surface area (Å²) in [5.74, 6) is 1.98. The Balaban J connectivity index is 2.18. The van der Waals surface area contributed by atoms with Gasteiger partial charge in [-0.3, -0.25) is 0 Å². The second-order valence-electron chi connectivity index (χ2n) is 3.81. The molecule has 1 aromatic heterocycles. The molecule has 0 atom stereocenters. The number of aromatic nitrogens is 2. The van der Waals surface area contributed by atoms with Gasteiger partial charge in [0, 0.05) is 19.2 Å². The zero-order chi connectivity index (χ0) is 12.3. The van der Waals surface area contributed by atoms with Crippen molar-refractivity contribution in [2.45, 2.75) is 19.9 Å². The van der Waals surface area contributed by atoms with E-state index < -0.39 is 0 Å². The van der Waals surface area contributed by atoms with E-state index in [0.717, 1.165) is 29.1 Å². The highest BCUT2D eigenvalue weighted by Gasteiger charge is 2.05. The molecular formula is C13H15BrN2O. The summed E-state index contributed by atoms with van der Waals surface area (Å²) in [6.45, 7) is 2.95. The van der Waals surface area contributed by atoms with Crippen LogP contribution in [0.15, 0.2) is 35.1 Å². The highest BCUT2D eigenvalue weighted by molar-refractivity contribution is 9.10. The minimum Gasteiger partial charge on any atom is -0.497 e. The van der Waals surface area contributed by atoms with Gasteiger partial charge in [-0.25, -0.2) is 4.98 Å². The van der Waals surface area contributed by atoms with Crippen LogP contribution in [0.1, 0.15) is 18.3 Å². The Bertz CT molecular complexity index is 491.